The summed E-state index contributed by atoms with van der Waals surface area (Å²) in [5.41, 5.74) is 2.29. The second-order valence-corrected chi connectivity index (χ2v) is 13.4. The lowest BCUT2D eigenvalue weighted by molar-refractivity contribution is 0.0696. The maximum absolute atomic E-state index is 9.26. The van der Waals surface area contributed by atoms with Crippen molar-refractivity contribution in [2.45, 2.75) is 0 Å². The molecule has 3 rings (SSSR count). The number of terminal acetylenes is 2. The largest absolute Gasteiger partial charge is 0.490 e. The molecule has 0 saturated carbocycles. The fourth-order valence-corrected chi connectivity index (χ4v) is 5.54. The first-order valence-electron chi connectivity index (χ1n) is 21.9. The summed E-state index contributed by atoms with van der Waals surface area (Å²) in [6.07, 6.45) is 11.7. The average Bonchev–Trinajstić information content (AvgIpc) is 3.35. The number of benzene rings is 3. The number of aliphatic hydroxyl groups excluding tert-OH is 6. The highest BCUT2D eigenvalue weighted by Crippen LogP contribution is 2.33. The highest BCUT2D eigenvalue weighted by Gasteiger charge is 2.16. The number of aliphatic hydroxyl groups is 6. The normalized spacial score (nSPS) is 10.5. The molecular weight excluding hydrogens is 889 g/mol. The molecule has 0 fully saturated rings. The van der Waals surface area contributed by atoms with E-state index in [1.54, 1.807) is 36.4 Å². The van der Waals surface area contributed by atoms with Crippen LogP contribution >= 0.6 is 0 Å². The summed E-state index contributed by atoms with van der Waals surface area (Å²) in [4.78, 5) is 0. The molecule has 68 heavy (non-hydrogen) atoms. The van der Waals surface area contributed by atoms with E-state index in [-0.39, 0.29) is 159 Å². The summed E-state index contributed by atoms with van der Waals surface area (Å²) in [6.45, 7) is 1.52. The van der Waals surface area contributed by atoms with Gasteiger partial charge < -0.3 is 87.5 Å². The predicted octanol–water partition coefficient (Wildman–Crippen LogP) is 0.775. The van der Waals surface area contributed by atoms with Gasteiger partial charge in [-0.1, -0.05) is 35.5 Å². The zero-order valence-electron chi connectivity index (χ0n) is 38.2. The molecule has 3 aromatic rings. The van der Waals surface area contributed by atoms with E-state index in [1.807, 2.05) is 0 Å². The summed E-state index contributed by atoms with van der Waals surface area (Å²) >= 11 is 0. The molecule has 0 radical (unpaired) electrons. The Bertz CT molecular complexity index is 1960. The summed E-state index contributed by atoms with van der Waals surface area (Å²) in [5.74, 6) is 19.8. The van der Waals surface area contributed by atoms with E-state index in [4.69, 9.17) is 90.1 Å². The third-order valence-electron chi connectivity index (χ3n) is 8.55. The second kappa shape index (κ2) is 36.3. The number of ether oxygens (including phenoxy) is 12. The molecule has 3 aromatic carbocycles. The molecule has 0 spiro atoms. The Morgan fingerprint density at radius 3 is 0.618 bits per heavy atom. The first kappa shape index (κ1) is 56.5. The Balaban J connectivity index is 2.22. The van der Waals surface area contributed by atoms with E-state index in [1.165, 1.54) is 0 Å². The van der Waals surface area contributed by atoms with Gasteiger partial charge in [-0.2, -0.15) is 0 Å². The zero-order valence-corrected chi connectivity index (χ0v) is 38.2. The van der Waals surface area contributed by atoms with Gasteiger partial charge in [-0.05, 0) is 0 Å². The molecule has 0 atom stereocenters. The monoisotopic (exact) mass is 950 g/mol. The van der Waals surface area contributed by atoms with Crippen LogP contribution in [0.4, 0.5) is 0 Å². The highest BCUT2D eigenvalue weighted by atomic mass is 16.6. The molecule has 0 saturated heterocycles. The van der Waals surface area contributed by atoms with Gasteiger partial charge in [0.25, 0.3) is 0 Å². The van der Waals surface area contributed by atoms with Crippen LogP contribution in [0.25, 0.3) is 0 Å². The highest BCUT2D eigenvalue weighted by molar-refractivity contribution is 5.65. The van der Waals surface area contributed by atoms with E-state index in [9.17, 15) is 10.2 Å². The van der Waals surface area contributed by atoms with Crippen LogP contribution in [0.3, 0.4) is 0 Å². The average molecular weight is 951 g/mol. The molecule has 0 aromatic heterocycles. The molecule has 0 amide bonds. The molecule has 18 nitrogen and oxygen atoms in total. The lowest BCUT2D eigenvalue weighted by Crippen LogP contribution is -2.12. The Labute approximate surface area is 397 Å². The van der Waals surface area contributed by atoms with Crippen LogP contribution in [-0.4, -0.2) is 189 Å². The van der Waals surface area contributed by atoms with Crippen molar-refractivity contribution in [3.05, 3.63) is 69.8 Å². The minimum atomic E-state index is -0.170. The summed E-state index contributed by atoms with van der Waals surface area (Å²) < 4.78 is 68.9. The Morgan fingerprint density at radius 1 is 0.265 bits per heavy atom. The maximum Gasteiger partial charge on any atom is 0.136 e. The van der Waals surface area contributed by atoms with Gasteiger partial charge in [0.2, 0.25) is 0 Å². The fraction of sp³-hybridized carbons (Fsp3) is 0.480. The third-order valence-corrected chi connectivity index (χ3v) is 8.55. The Hall–Kier alpha value is -5.78. The molecular formula is C50H62O18. The zero-order chi connectivity index (χ0) is 48.9. The topological polar surface area (TPSA) is 232 Å². The van der Waals surface area contributed by atoms with Crippen molar-refractivity contribution < 1.29 is 87.5 Å². The van der Waals surface area contributed by atoms with E-state index in [0.717, 1.165) is 0 Å². The molecule has 18 heteroatoms. The SMILES string of the molecule is C#Cc1cc(OCCOCCO)c(C#Cc2cc(OCCOCCO)c(C#Cc3cc(OCCOCCO)c(C#C)cc3OCCOCCO)cc2OCCOCCO)cc1OCCOCCO. The fourth-order valence-electron chi connectivity index (χ4n) is 5.54. The van der Waals surface area contributed by atoms with Crippen LogP contribution in [0, 0.1) is 48.4 Å². The molecule has 0 aliphatic carbocycles. The smallest absolute Gasteiger partial charge is 0.136 e. The number of rotatable bonds is 36. The van der Waals surface area contributed by atoms with Crippen molar-refractivity contribution in [3.63, 3.8) is 0 Å². The molecule has 0 aliphatic heterocycles. The van der Waals surface area contributed by atoms with Gasteiger partial charge in [0.05, 0.1) is 152 Å². The molecule has 0 aliphatic rings. The summed E-state index contributed by atoms with van der Waals surface area (Å²) in [7, 11) is 0. The number of hydrogen-bond acceptors (Lipinski definition) is 18. The van der Waals surface area contributed by atoms with E-state index in [2.05, 4.69) is 35.5 Å². The number of hydrogen-bond donors (Lipinski definition) is 6. The first-order chi connectivity index (χ1) is 33.5. The molecule has 0 bridgehead atoms. The van der Waals surface area contributed by atoms with E-state index in [0.29, 0.717) is 67.9 Å². The first-order valence-corrected chi connectivity index (χ1v) is 21.9. The van der Waals surface area contributed by atoms with Gasteiger partial charge in [-0.15, -0.1) is 12.8 Å². The minimum Gasteiger partial charge on any atom is -0.490 e. The van der Waals surface area contributed by atoms with Crippen LogP contribution in [0.15, 0.2) is 36.4 Å². The van der Waals surface area contributed by atoms with Gasteiger partial charge in [-0.25, -0.2) is 0 Å². The van der Waals surface area contributed by atoms with Crippen LogP contribution in [0.5, 0.6) is 34.5 Å². The molecule has 370 valence electrons. The van der Waals surface area contributed by atoms with E-state index >= 15 is 0 Å². The van der Waals surface area contributed by atoms with Gasteiger partial charge >= 0.3 is 0 Å². The molecule has 6 N–H and O–H groups in total. The van der Waals surface area contributed by atoms with Crippen molar-refractivity contribution in [2.24, 2.45) is 0 Å². The standard InChI is InChI=1S/C50H62O18/c1-3-39-33-47(65-29-23-59-17-11-53)41(35-45(39)63-27-21-57-15-9-51)5-7-43-37-50(68-32-26-62-20-14-56)44(38-49(43)67-31-25-61-19-13-55)8-6-42-36-46(64-28-22-58-16-10-52)40(4-2)34-48(42)66-30-24-60-18-12-54/h1-2,33-38,51-56H,9-32H2. The van der Waals surface area contributed by atoms with Crippen molar-refractivity contribution in [3.8, 4) is 82.9 Å². The lowest BCUT2D eigenvalue weighted by Gasteiger charge is -2.15. The van der Waals surface area contributed by atoms with Crippen molar-refractivity contribution in [1.82, 2.24) is 0 Å². The summed E-state index contributed by atoms with van der Waals surface area (Å²) in [6, 6.07) is 9.82. The molecule has 0 unspecified atom stereocenters. The second-order valence-electron chi connectivity index (χ2n) is 13.4. The molecule has 0 heterocycles. The third kappa shape index (κ3) is 21.9. The van der Waals surface area contributed by atoms with E-state index < -0.39 is 0 Å². The predicted molar refractivity (Wildman–Crippen MR) is 248 cm³/mol. The minimum absolute atomic E-state index is 0.0682. The van der Waals surface area contributed by atoms with Crippen molar-refractivity contribution in [1.29, 1.82) is 0 Å². The van der Waals surface area contributed by atoms with Crippen molar-refractivity contribution >= 4 is 0 Å². The Kier molecular flexibility index (Phi) is 30.2. The van der Waals surface area contributed by atoms with Crippen LogP contribution in [0.1, 0.15) is 33.4 Å². The van der Waals surface area contributed by atoms with Gasteiger partial charge in [0.1, 0.15) is 74.1 Å². The summed E-state index contributed by atoms with van der Waals surface area (Å²) in [5, 5.41) is 55.0. The van der Waals surface area contributed by atoms with Gasteiger partial charge in [-0.3, -0.25) is 0 Å². The maximum atomic E-state index is 9.26. The van der Waals surface area contributed by atoms with Gasteiger partial charge in [0.15, 0.2) is 0 Å². The van der Waals surface area contributed by atoms with Gasteiger partial charge in [0, 0.05) is 36.4 Å². The Morgan fingerprint density at radius 2 is 0.441 bits per heavy atom. The lowest BCUT2D eigenvalue weighted by atomic mass is 10.1. The quantitative estimate of drug-likeness (QED) is 0.0349. The van der Waals surface area contributed by atoms with Crippen LogP contribution in [-0.2, 0) is 28.4 Å². The van der Waals surface area contributed by atoms with Crippen LogP contribution < -0.4 is 28.4 Å². The van der Waals surface area contributed by atoms with Crippen molar-refractivity contribution in [2.75, 3.05) is 159 Å². The van der Waals surface area contributed by atoms with Crippen LogP contribution in [0.2, 0.25) is 0 Å².